The van der Waals surface area contributed by atoms with Gasteiger partial charge in [0.05, 0.1) is 25.1 Å². The zero-order valence-electron chi connectivity index (χ0n) is 17.6. The van der Waals surface area contributed by atoms with Gasteiger partial charge < -0.3 is 10.5 Å². The largest absolute Gasteiger partial charge is 0.493 e. The van der Waals surface area contributed by atoms with E-state index in [0.29, 0.717) is 23.2 Å². The van der Waals surface area contributed by atoms with Crippen molar-refractivity contribution in [3.05, 3.63) is 72.2 Å². The summed E-state index contributed by atoms with van der Waals surface area (Å²) in [5.41, 5.74) is 12.3. The minimum absolute atomic E-state index is 0.433. The van der Waals surface area contributed by atoms with E-state index in [2.05, 4.69) is 32.8 Å². The number of hydrogen-bond donors (Lipinski definition) is 1. The molecule has 0 fully saturated rings. The SMILES string of the molecule is COc1cnn(-c2ccc3nc(-c4cccnc4N)n(-c4ccc5c(c4)CCC5)c3n2)c1. The zero-order chi connectivity index (χ0) is 21.7. The van der Waals surface area contributed by atoms with Gasteiger partial charge in [0.1, 0.15) is 11.3 Å². The first-order chi connectivity index (χ1) is 15.7. The van der Waals surface area contributed by atoms with E-state index in [1.165, 1.54) is 17.5 Å². The predicted molar refractivity (Wildman–Crippen MR) is 122 cm³/mol. The molecule has 158 valence electrons. The van der Waals surface area contributed by atoms with Crippen LogP contribution < -0.4 is 10.5 Å². The van der Waals surface area contributed by atoms with Crippen LogP contribution in [0.1, 0.15) is 17.5 Å². The standard InChI is InChI=1S/C24H21N7O/c1-32-18-13-27-30(14-18)21-10-9-20-24(29-21)31(17-8-7-15-4-2-5-16(15)12-17)23(28-20)19-6-3-11-26-22(19)25/h3,6-14H,2,4-5H2,1H3,(H2,25,26). The number of hydrogen-bond acceptors (Lipinski definition) is 6. The smallest absolute Gasteiger partial charge is 0.167 e. The van der Waals surface area contributed by atoms with E-state index in [1.54, 1.807) is 30.4 Å². The van der Waals surface area contributed by atoms with Gasteiger partial charge >= 0.3 is 0 Å². The Morgan fingerprint density at radius 2 is 1.94 bits per heavy atom. The maximum atomic E-state index is 6.24. The second kappa shape index (κ2) is 7.19. The summed E-state index contributed by atoms with van der Waals surface area (Å²) in [6, 6.07) is 14.2. The van der Waals surface area contributed by atoms with Crippen molar-refractivity contribution < 1.29 is 4.74 Å². The molecule has 0 spiro atoms. The van der Waals surface area contributed by atoms with Gasteiger partial charge in [0.2, 0.25) is 0 Å². The maximum Gasteiger partial charge on any atom is 0.167 e. The Morgan fingerprint density at radius 1 is 1.03 bits per heavy atom. The Balaban J connectivity index is 1.61. The monoisotopic (exact) mass is 423 g/mol. The minimum atomic E-state index is 0.433. The molecule has 1 aliphatic rings. The highest BCUT2D eigenvalue weighted by Gasteiger charge is 2.20. The van der Waals surface area contributed by atoms with Crippen molar-refractivity contribution in [2.45, 2.75) is 19.3 Å². The fourth-order valence-corrected chi connectivity index (χ4v) is 4.34. The molecular weight excluding hydrogens is 402 g/mol. The van der Waals surface area contributed by atoms with Gasteiger partial charge in [-0.25, -0.2) is 19.6 Å². The molecule has 32 heavy (non-hydrogen) atoms. The third-order valence-corrected chi connectivity index (χ3v) is 5.94. The number of methoxy groups -OCH3 is 1. The van der Waals surface area contributed by atoms with E-state index >= 15 is 0 Å². The highest BCUT2D eigenvalue weighted by molar-refractivity contribution is 5.83. The number of benzene rings is 1. The maximum absolute atomic E-state index is 6.24. The van der Waals surface area contributed by atoms with Crippen LogP contribution in [0.25, 0.3) is 34.1 Å². The lowest BCUT2D eigenvalue weighted by Gasteiger charge is -2.12. The first-order valence-electron chi connectivity index (χ1n) is 10.5. The van der Waals surface area contributed by atoms with Crippen LogP contribution in [0.5, 0.6) is 5.75 Å². The van der Waals surface area contributed by atoms with Crippen LogP contribution in [0, 0.1) is 0 Å². The number of nitrogens with two attached hydrogens (primary N) is 1. The Bertz CT molecular complexity index is 1470. The molecule has 0 saturated heterocycles. The van der Waals surface area contributed by atoms with Gasteiger partial charge in [-0.3, -0.25) is 4.57 Å². The third-order valence-electron chi connectivity index (χ3n) is 5.94. The third kappa shape index (κ3) is 2.91. The van der Waals surface area contributed by atoms with Gasteiger partial charge in [0, 0.05) is 11.9 Å². The molecule has 4 heterocycles. The van der Waals surface area contributed by atoms with Crippen molar-refractivity contribution in [3.8, 4) is 28.6 Å². The van der Waals surface area contributed by atoms with Gasteiger partial charge in [0.15, 0.2) is 23.0 Å². The van der Waals surface area contributed by atoms with Gasteiger partial charge in [-0.05, 0) is 66.8 Å². The predicted octanol–water partition coefficient (Wildman–Crippen LogP) is 3.75. The van der Waals surface area contributed by atoms with Crippen LogP contribution in [0.2, 0.25) is 0 Å². The number of anilines is 1. The summed E-state index contributed by atoms with van der Waals surface area (Å²) in [5, 5.41) is 4.36. The average molecular weight is 423 g/mol. The van der Waals surface area contributed by atoms with Crippen LogP contribution >= 0.6 is 0 Å². The molecule has 1 aliphatic carbocycles. The second-order valence-electron chi connectivity index (χ2n) is 7.85. The number of fused-ring (bicyclic) bond motifs is 2. The summed E-state index contributed by atoms with van der Waals surface area (Å²) in [7, 11) is 1.62. The average Bonchev–Trinajstić information content (AvgIpc) is 3.56. The molecular formula is C24H21N7O. The molecule has 0 unspecified atom stereocenters. The first-order valence-corrected chi connectivity index (χ1v) is 10.5. The number of aryl methyl sites for hydroxylation is 2. The lowest BCUT2D eigenvalue weighted by molar-refractivity contribution is 0.414. The van der Waals surface area contributed by atoms with Crippen LogP contribution in [-0.4, -0.2) is 36.4 Å². The van der Waals surface area contributed by atoms with E-state index < -0.39 is 0 Å². The lowest BCUT2D eigenvalue weighted by atomic mass is 10.1. The number of nitrogen functional groups attached to an aromatic ring is 1. The molecule has 0 atom stereocenters. The normalized spacial score (nSPS) is 12.9. The molecule has 6 rings (SSSR count). The van der Waals surface area contributed by atoms with Crippen molar-refractivity contribution in [1.29, 1.82) is 0 Å². The van der Waals surface area contributed by atoms with Crippen molar-refractivity contribution in [2.75, 3.05) is 12.8 Å². The van der Waals surface area contributed by atoms with Gasteiger partial charge in [0.25, 0.3) is 0 Å². The lowest BCUT2D eigenvalue weighted by Crippen LogP contribution is -2.04. The summed E-state index contributed by atoms with van der Waals surface area (Å²) in [6.07, 6.45) is 8.55. The summed E-state index contributed by atoms with van der Waals surface area (Å²) < 4.78 is 9.02. The molecule has 1 aromatic carbocycles. The molecule has 4 aromatic heterocycles. The van der Waals surface area contributed by atoms with Crippen molar-refractivity contribution in [1.82, 2.24) is 29.3 Å². The van der Waals surface area contributed by atoms with E-state index in [0.717, 1.165) is 35.3 Å². The van der Waals surface area contributed by atoms with Gasteiger partial charge in [-0.15, -0.1) is 0 Å². The molecule has 5 aromatic rings. The Morgan fingerprint density at radius 3 is 2.78 bits per heavy atom. The van der Waals surface area contributed by atoms with Gasteiger partial charge in [-0.2, -0.15) is 5.10 Å². The second-order valence-corrected chi connectivity index (χ2v) is 7.85. The quantitative estimate of drug-likeness (QED) is 0.473. The summed E-state index contributed by atoms with van der Waals surface area (Å²) in [6.45, 7) is 0. The molecule has 0 amide bonds. The van der Waals surface area contributed by atoms with E-state index in [1.807, 2.05) is 24.3 Å². The molecule has 8 heteroatoms. The Hall–Kier alpha value is -4.20. The molecule has 8 nitrogen and oxygen atoms in total. The van der Waals surface area contributed by atoms with E-state index in [4.69, 9.17) is 20.4 Å². The van der Waals surface area contributed by atoms with Crippen molar-refractivity contribution >= 4 is 17.0 Å². The molecule has 0 radical (unpaired) electrons. The van der Waals surface area contributed by atoms with E-state index in [-0.39, 0.29) is 0 Å². The van der Waals surface area contributed by atoms with Gasteiger partial charge in [-0.1, -0.05) is 6.07 Å². The fraction of sp³-hybridized carbons (Fsp3) is 0.167. The van der Waals surface area contributed by atoms with Crippen molar-refractivity contribution in [2.24, 2.45) is 0 Å². The number of pyridine rings is 2. The van der Waals surface area contributed by atoms with Crippen LogP contribution in [-0.2, 0) is 12.8 Å². The number of ether oxygens (including phenoxy) is 1. The highest BCUT2D eigenvalue weighted by atomic mass is 16.5. The number of imidazole rings is 1. The number of aromatic nitrogens is 6. The number of rotatable bonds is 4. The summed E-state index contributed by atoms with van der Waals surface area (Å²) in [4.78, 5) is 14.1. The molecule has 0 saturated carbocycles. The summed E-state index contributed by atoms with van der Waals surface area (Å²) in [5.74, 6) is 2.49. The van der Waals surface area contributed by atoms with Crippen LogP contribution in [0.4, 0.5) is 5.82 Å². The molecule has 2 N–H and O–H groups in total. The zero-order valence-corrected chi connectivity index (χ0v) is 17.6. The fourth-order valence-electron chi connectivity index (χ4n) is 4.34. The van der Waals surface area contributed by atoms with Crippen LogP contribution in [0.15, 0.2) is 61.1 Å². The highest BCUT2D eigenvalue weighted by Crippen LogP contribution is 2.32. The first kappa shape index (κ1) is 18.6. The van der Waals surface area contributed by atoms with E-state index in [9.17, 15) is 0 Å². The Labute approximate surface area is 184 Å². The summed E-state index contributed by atoms with van der Waals surface area (Å²) >= 11 is 0. The topological polar surface area (TPSA) is 96.7 Å². The minimum Gasteiger partial charge on any atom is -0.493 e. The van der Waals surface area contributed by atoms with Crippen LogP contribution in [0.3, 0.4) is 0 Å². The Kier molecular flexibility index (Phi) is 4.17. The van der Waals surface area contributed by atoms with Crippen molar-refractivity contribution in [3.63, 3.8) is 0 Å². The molecule has 0 aliphatic heterocycles. The molecule has 0 bridgehead atoms. The number of nitrogens with zero attached hydrogens (tertiary/aromatic N) is 6.